The summed E-state index contributed by atoms with van der Waals surface area (Å²) in [5.41, 5.74) is 1.90. The third-order valence-corrected chi connectivity index (χ3v) is 4.11. The number of nitrogens with zero attached hydrogens (tertiary/aromatic N) is 1. The topological polar surface area (TPSA) is 105 Å². The van der Waals surface area contributed by atoms with Gasteiger partial charge in [0.2, 0.25) is 0 Å². The highest BCUT2D eigenvalue weighted by atomic mass is 16.5. The molecule has 0 fully saturated rings. The minimum Gasteiger partial charge on any atom is -0.493 e. The zero-order valence-corrected chi connectivity index (χ0v) is 13.9. The number of nitrogens with one attached hydrogen (secondary N) is 1. The fourth-order valence-electron chi connectivity index (χ4n) is 2.93. The number of rotatable bonds is 5. The summed E-state index contributed by atoms with van der Waals surface area (Å²) >= 11 is 0. The second kappa shape index (κ2) is 6.92. The van der Waals surface area contributed by atoms with Crippen molar-refractivity contribution in [3.63, 3.8) is 0 Å². The van der Waals surface area contributed by atoms with E-state index < -0.39 is 0 Å². The van der Waals surface area contributed by atoms with Crippen molar-refractivity contribution in [2.75, 3.05) is 14.2 Å². The lowest BCUT2D eigenvalue weighted by atomic mass is 9.92. The average Bonchev–Trinajstić information content (AvgIpc) is 2.65. The molecular weight excluding hydrogens is 324 g/mol. The molecule has 0 spiro atoms. The molecule has 0 aliphatic rings. The molecule has 7 heteroatoms. The Kier molecular flexibility index (Phi) is 4.69. The predicted octanol–water partition coefficient (Wildman–Crippen LogP) is 1.59. The Hall–Kier alpha value is -2.90. The Bertz CT molecular complexity index is 956. The summed E-state index contributed by atoms with van der Waals surface area (Å²) in [7, 11) is 3.08. The van der Waals surface area contributed by atoms with Crippen LogP contribution in [-0.2, 0) is 13.2 Å². The van der Waals surface area contributed by atoms with Crippen molar-refractivity contribution in [2.45, 2.75) is 13.2 Å². The van der Waals surface area contributed by atoms with Crippen molar-refractivity contribution in [1.29, 1.82) is 0 Å². The van der Waals surface area contributed by atoms with E-state index in [1.165, 1.54) is 13.2 Å². The van der Waals surface area contributed by atoms with E-state index in [4.69, 9.17) is 9.47 Å². The van der Waals surface area contributed by atoms with E-state index in [0.717, 1.165) is 10.8 Å². The first-order valence-electron chi connectivity index (χ1n) is 7.61. The second-order valence-electron chi connectivity index (χ2n) is 5.44. The van der Waals surface area contributed by atoms with Gasteiger partial charge in [-0.1, -0.05) is 0 Å². The van der Waals surface area contributed by atoms with Gasteiger partial charge in [-0.2, -0.15) is 5.10 Å². The van der Waals surface area contributed by atoms with E-state index in [-0.39, 0.29) is 18.8 Å². The molecule has 3 aromatic rings. The second-order valence-corrected chi connectivity index (χ2v) is 5.44. The molecule has 25 heavy (non-hydrogen) atoms. The predicted molar refractivity (Wildman–Crippen MR) is 92.7 cm³/mol. The van der Waals surface area contributed by atoms with Crippen LogP contribution in [0.3, 0.4) is 0 Å². The highest BCUT2D eigenvalue weighted by Gasteiger charge is 2.18. The number of methoxy groups -OCH3 is 2. The van der Waals surface area contributed by atoms with Gasteiger partial charge in [0, 0.05) is 11.6 Å². The molecule has 0 saturated carbocycles. The van der Waals surface area contributed by atoms with Crippen LogP contribution in [0.5, 0.6) is 11.5 Å². The Labute approximate surface area is 143 Å². The van der Waals surface area contributed by atoms with Crippen LogP contribution in [0.1, 0.15) is 11.1 Å². The summed E-state index contributed by atoms with van der Waals surface area (Å²) < 4.78 is 10.7. The highest BCUT2D eigenvalue weighted by Crippen LogP contribution is 2.39. The maximum Gasteiger partial charge on any atom is 0.264 e. The van der Waals surface area contributed by atoms with Crippen molar-refractivity contribution in [1.82, 2.24) is 10.2 Å². The first-order chi connectivity index (χ1) is 12.1. The Morgan fingerprint density at radius 1 is 1.04 bits per heavy atom. The third-order valence-electron chi connectivity index (χ3n) is 4.11. The molecule has 0 aliphatic carbocycles. The van der Waals surface area contributed by atoms with E-state index in [1.54, 1.807) is 31.4 Å². The van der Waals surface area contributed by atoms with E-state index in [9.17, 15) is 15.0 Å². The smallest absolute Gasteiger partial charge is 0.264 e. The number of aliphatic hydroxyl groups is 2. The maximum absolute atomic E-state index is 11.3. The summed E-state index contributed by atoms with van der Waals surface area (Å²) in [6.45, 7) is -0.521. The van der Waals surface area contributed by atoms with Crippen LogP contribution in [0, 0.1) is 0 Å². The van der Waals surface area contributed by atoms with Crippen LogP contribution < -0.4 is 15.0 Å². The number of hydrogen-bond acceptors (Lipinski definition) is 6. The molecule has 0 bridgehead atoms. The summed E-state index contributed by atoms with van der Waals surface area (Å²) in [5.74, 6) is 1.08. The van der Waals surface area contributed by atoms with Gasteiger partial charge in [0.25, 0.3) is 5.56 Å². The molecule has 7 nitrogen and oxygen atoms in total. The first kappa shape index (κ1) is 16.9. The van der Waals surface area contributed by atoms with Gasteiger partial charge in [-0.15, -0.1) is 0 Å². The molecule has 2 aromatic carbocycles. The third kappa shape index (κ3) is 2.95. The molecule has 0 saturated heterocycles. The number of aliphatic hydroxyl groups excluding tert-OH is 2. The maximum atomic E-state index is 11.3. The molecule has 0 atom stereocenters. The van der Waals surface area contributed by atoms with Crippen molar-refractivity contribution in [2.24, 2.45) is 0 Å². The molecule has 1 aromatic heterocycles. The SMILES string of the molecule is COc1cc2cc(CO)c(CO)c(-c3ccc(=O)[nH]n3)c2cc1OC. The normalized spacial score (nSPS) is 10.9. The fraction of sp³-hybridized carbons (Fsp3) is 0.222. The number of ether oxygens (including phenoxy) is 2. The van der Waals surface area contributed by atoms with Crippen molar-refractivity contribution >= 4 is 10.8 Å². The summed E-state index contributed by atoms with van der Waals surface area (Å²) in [5, 5.41) is 27.6. The summed E-state index contributed by atoms with van der Waals surface area (Å²) in [6.07, 6.45) is 0. The lowest BCUT2D eigenvalue weighted by Gasteiger charge is -2.17. The molecule has 3 rings (SSSR count). The highest BCUT2D eigenvalue weighted by molar-refractivity contribution is 6.00. The molecule has 0 unspecified atom stereocenters. The zero-order chi connectivity index (χ0) is 18.0. The number of aromatic nitrogens is 2. The van der Waals surface area contributed by atoms with E-state index in [1.807, 2.05) is 0 Å². The molecule has 3 N–H and O–H groups in total. The molecule has 1 heterocycles. The van der Waals surface area contributed by atoms with Crippen LogP contribution in [-0.4, -0.2) is 34.6 Å². The quantitative estimate of drug-likeness (QED) is 0.650. The van der Waals surface area contributed by atoms with E-state index in [2.05, 4.69) is 10.2 Å². The van der Waals surface area contributed by atoms with Crippen LogP contribution in [0.4, 0.5) is 0 Å². The average molecular weight is 342 g/mol. The summed E-state index contributed by atoms with van der Waals surface area (Å²) in [4.78, 5) is 11.3. The molecular formula is C18H18N2O5. The van der Waals surface area contributed by atoms with Gasteiger partial charge in [0.05, 0.1) is 33.1 Å². The number of aromatic amines is 1. The van der Waals surface area contributed by atoms with Gasteiger partial charge in [0.1, 0.15) is 0 Å². The number of H-pyrrole nitrogens is 1. The largest absolute Gasteiger partial charge is 0.493 e. The molecule has 0 radical (unpaired) electrons. The molecule has 0 aliphatic heterocycles. The fourth-order valence-corrected chi connectivity index (χ4v) is 2.93. The van der Waals surface area contributed by atoms with E-state index >= 15 is 0 Å². The summed E-state index contributed by atoms with van der Waals surface area (Å²) in [6, 6.07) is 8.31. The Balaban J connectivity index is 2.44. The van der Waals surface area contributed by atoms with Gasteiger partial charge >= 0.3 is 0 Å². The molecule has 130 valence electrons. The lowest BCUT2D eigenvalue weighted by molar-refractivity contribution is 0.260. The number of fused-ring (bicyclic) bond motifs is 1. The van der Waals surface area contributed by atoms with E-state index in [0.29, 0.717) is 33.9 Å². The Morgan fingerprint density at radius 2 is 1.76 bits per heavy atom. The number of benzene rings is 2. The zero-order valence-electron chi connectivity index (χ0n) is 13.9. The van der Waals surface area contributed by atoms with Crippen molar-refractivity contribution in [3.8, 4) is 22.8 Å². The van der Waals surface area contributed by atoms with Crippen LogP contribution in [0.25, 0.3) is 22.0 Å². The number of hydrogen-bond donors (Lipinski definition) is 3. The van der Waals surface area contributed by atoms with Gasteiger partial charge in [-0.05, 0) is 46.2 Å². The van der Waals surface area contributed by atoms with Crippen LogP contribution >= 0.6 is 0 Å². The monoisotopic (exact) mass is 342 g/mol. The lowest BCUT2D eigenvalue weighted by Crippen LogP contribution is -2.07. The minimum absolute atomic E-state index is 0.240. The standard InChI is InChI=1S/C18H18N2O5/c1-24-15-6-10-5-11(8-21)13(9-22)18(12(10)7-16(15)25-2)14-3-4-17(23)20-19-14/h3-7,21-22H,8-9H2,1-2H3,(H,20,23). The van der Waals surface area contributed by atoms with Gasteiger partial charge in [-0.3, -0.25) is 4.79 Å². The first-order valence-corrected chi connectivity index (χ1v) is 7.61. The van der Waals surface area contributed by atoms with Crippen LogP contribution in [0.2, 0.25) is 0 Å². The van der Waals surface area contributed by atoms with Gasteiger partial charge < -0.3 is 19.7 Å². The molecule has 0 amide bonds. The Morgan fingerprint density at radius 3 is 2.32 bits per heavy atom. The van der Waals surface area contributed by atoms with Gasteiger partial charge in [0.15, 0.2) is 11.5 Å². The van der Waals surface area contributed by atoms with Crippen LogP contribution in [0.15, 0.2) is 35.1 Å². The van der Waals surface area contributed by atoms with Crippen molar-refractivity contribution in [3.05, 3.63) is 51.8 Å². The van der Waals surface area contributed by atoms with Crippen molar-refractivity contribution < 1.29 is 19.7 Å². The van der Waals surface area contributed by atoms with Gasteiger partial charge in [-0.25, -0.2) is 5.10 Å². The minimum atomic E-state index is -0.323.